The quantitative estimate of drug-likeness (QED) is 0.158. The van der Waals surface area contributed by atoms with E-state index in [0.29, 0.717) is 36.8 Å². The lowest BCUT2D eigenvalue weighted by atomic mass is 9.91. The molecular formula is C36H42ClFN4O2Si. The van der Waals surface area contributed by atoms with Gasteiger partial charge in [0.25, 0.3) is 8.32 Å². The van der Waals surface area contributed by atoms with Gasteiger partial charge in [-0.2, -0.15) is 0 Å². The molecule has 45 heavy (non-hydrogen) atoms. The van der Waals surface area contributed by atoms with Crippen molar-refractivity contribution in [3.05, 3.63) is 88.0 Å². The zero-order chi connectivity index (χ0) is 32.9. The van der Waals surface area contributed by atoms with Crippen LogP contribution < -0.4 is 15.1 Å². The Labute approximate surface area is 271 Å². The van der Waals surface area contributed by atoms with E-state index in [2.05, 4.69) is 53.6 Å². The average molecular weight is 645 g/mol. The topological polar surface area (TPSA) is 73.4 Å². The number of hydrogen-bond donors (Lipinski definition) is 1. The van der Waals surface area contributed by atoms with Gasteiger partial charge in [0, 0.05) is 35.5 Å². The molecule has 0 unspecified atom stereocenters. The summed E-state index contributed by atoms with van der Waals surface area (Å²) in [7, 11) is -2.26. The fourth-order valence-corrected chi connectivity index (χ4v) is 6.96. The predicted molar refractivity (Wildman–Crippen MR) is 184 cm³/mol. The van der Waals surface area contributed by atoms with E-state index in [9.17, 15) is 9.18 Å². The Balaban J connectivity index is 1.53. The van der Waals surface area contributed by atoms with E-state index in [4.69, 9.17) is 33.2 Å². The molecule has 0 spiro atoms. The molecule has 1 atom stereocenters. The normalized spacial score (nSPS) is 15.2. The molecule has 0 radical (unpaired) electrons. The van der Waals surface area contributed by atoms with Gasteiger partial charge in [-0.3, -0.25) is 4.79 Å². The lowest BCUT2D eigenvalue weighted by Gasteiger charge is -2.36. The fraction of sp³-hybridized carbons (Fsp3) is 0.389. The number of terminal acetylenes is 1. The molecule has 0 aliphatic carbocycles. The van der Waals surface area contributed by atoms with Crippen molar-refractivity contribution < 1.29 is 13.6 Å². The Morgan fingerprint density at radius 1 is 1.20 bits per heavy atom. The van der Waals surface area contributed by atoms with Gasteiger partial charge in [0.15, 0.2) is 0 Å². The van der Waals surface area contributed by atoms with Crippen LogP contribution >= 0.6 is 11.6 Å². The van der Waals surface area contributed by atoms with Crippen LogP contribution in [0.3, 0.4) is 0 Å². The third-order valence-electron chi connectivity index (χ3n) is 9.21. The van der Waals surface area contributed by atoms with Crippen molar-refractivity contribution in [2.45, 2.75) is 83.6 Å². The maximum Gasteiger partial charge on any atom is 0.252 e. The van der Waals surface area contributed by atoms with E-state index in [1.54, 1.807) is 17.0 Å². The molecule has 1 aliphatic heterocycles. The number of hydrogen-bond acceptors (Lipinski definition) is 4. The smallest absolute Gasteiger partial charge is 0.252 e. The first-order chi connectivity index (χ1) is 21.0. The van der Waals surface area contributed by atoms with Crippen LogP contribution in [0.5, 0.6) is 5.88 Å². The second-order valence-electron chi connectivity index (χ2n) is 14.2. The van der Waals surface area contributed by atoms with Crippen LogP contribution in [0.1, 0.15) is 57.0 Å². The van der Waals surface area contributed by atoms with E-state index in [-0.39, 0.29) is 16.8 Å². The van der Waals surface area contributed by atoms with Crippen molar-refractivity contribution in [2.24, 2.45) is 5.73 Å². The number of fused-ring (bicyclic) bond motifs is 2. The first kappa shape index (κ1) is 32.7. The molecule has 4 aromatic rings. The van der Waals surface area contributed by atoms with Crippen LogP contribution in [0.4, 0.5) is 10.1 Å². The maximum absolute atomic E-state index is 14.1. The van der Waals surface area contributed by atoms with Crippen molar-refractivity contribution in [1.29, 1.82) is 0 Å². The molecule has 2 aromatic heterocycles. The van der Waals surface area contributed by atoms with Gasteiger partial charge in [0.1, 0.15) is 5.82 Å². The number of amides is 1. The van der Waals surface area contributed by atoms with Crippen molar-refractivity contribution in [1.82, 2.24) is 9.55 Å². The van der Waals surface area contributed by atoms with Gasteiger partial charge in [0.05, 0.1) is 34.5 Å². The number of aromatic nitrogens is 2. The minimum absolute atomic E-state index is 0.0430. The highest BCUT2D eigenvalue weighted by molar-refractivity contribution is 6.74. The number of anilines is 1. The highest BCUT2D eigenvalue weighted by Gasteiger charge is 2.44. The van der Waals surface area contributed by atoms with Gasteiger partial charge in [-0.05, 0) is 59.9 Å². The summed E-state index contributed by atoms with van der Waals surface area (Å²) in [4.78, 5) is 21.0. The number of pyridine rings is 1. The number of rotatable bonds is 8. The molecule has 0 fully saturated rings. The van der Waals surface area contributed by atoms with Crippen molar-refractivity contribution in [3.63, 3.8) is 0 Å². The van der Waals surface area contributed by atoms with Crippen LogP contribution in [0.2, 0.25) is 23.2 Å². The SMILES string of the molecule is C#CCn1cc(C[C@@H](N)C(=O)N2CC(C)(C)c3nc(O[Si](C)(C)C(C)(C)C)c(Cc4ccc(F)cc4)cc32)c2cccc(Cl)c21. The zero-order valence-electron chi connectivity index (χ0n) is 27.2. The first-order valence-corrected chi connectivity index (χ1v) is 18.6. The van der Waals surface area contributed by atoms with E-state index in [1.807, 2.05) is 35.0 Å². The predicted octanol–water partition coefficient (Wildman–Crippen LogP) is 7.63. The van der Waals surface area contributed by atoms with Gasteiger partial charge in [-0.15, -0.1) is 6.42 Å². The lowest BCUT2D eigenvalue weighted by Crippen LogP contribution is -2.46. The van der Waals surface area contributed by atoms with Gasteiger partial charge >= 0.3 is 0 Å². The summed E-state index contributed by atoms with van der Waals surface area (Å²) in [6.07, 6.45) is 8.36. The summed E-state index contributed by atoms with van der Waals surface area (Å²) in [5.41, 5.74) is 11.3. The fourth-order valence-electron chi connectivity index (χ4n) is 5.71. The standard InChI is InChI=1S/C36H42ClFN4O2Si/c1-9-17-41-21-25(27-11-10-12-28(37)31(27)41)19-29(39)34(43)42-22-36(5,6)32-30(42)20-24(18-23-13-15-26(38)16-14-23)33(40-32)44-45(7,8)35(2,3)4/h1,10-16,20-21,29H,17-19,22,39H2,2-8H3/t29-/m1/s1. The number of carbonyl (C=O) groups is 1. The molecular weight excluding hydrogens is 603 g/mol. The largest absolute Gasteiger partial charge is 0.530 e. The number of nitrogens with two attached hydrogens (primary N) is 1. The second kappa shape index (κ2) is 11.9. The van der Waals surface area contributed by atoms with Crippen LogP contribution in [0.15, 0.2) is 54.7 Å². The third kappa shape index (κ3) is 6.39. The molecule has 9 heteroatoms. The van der Waals surface area contributed by atoms with Crippen LogP contribution in [-0.2, 0) is 29.6 Å². The Kier molecular flexibility index (Phi) is 8.69. The summed E-state index contributed by atoms with van der Waals surface area (Å²) in [5, 5.41) is 1.48. The molecule has 1 aliphatic rings. The maximum atomic E-state index is 14.1. The average Bonchev–Trinajstić information content (AvgIpc) is 3.43. The summed E-state index contributed by atoms with van der Waals surface area (Å²) >= 11 is 6.53. The molecule has 5 rings (SSSR count). The van der Waals surface area contributed by atoms with E-state index in [1.165, 1.54) is 12.1 Å². The summed E-state index contributed by atoms with van der Waals surface area (Å²) in [6, 6.07) is 13.4. The molecule has 1 amide bonds. The molecule has 3 heterocycles. The third-order valence-corrected chi connectivity index (χ3v) is 13.8. The van der Waals surface area contributed by atoms with Gasteiger partial charge in [-0.25, -0.2) is 9.37 Å². The Morgan fingerprint density at radius 3 is 2.53 bits per heavy atom. The number of benzene rings is 2. The van der Waals surface area contributed by atoms with Gasteiger partial charge in [0.2, 0.25) is 11.8 Å². The van der Waals surface area contributed by atoms with E-state index in [0.717, 1.165) is 39.0 Å². The Bertz CT molecular complexity index is 1800. The number of nitrogens with zero attached hydrogens (tertiary/aromatic N) is 3. The van der Waals surface area contributed by atoms with Crippen LogP contribution in [-0.4, -0.2) is 36.4 Å². The highest BCUT2D eigenvalue weighted by atomic mass is 35.5. The molecule has 236 valence electrons. The molecule has 0 saturated carbocycles. The van der Waals surface area contributed by atoms with Crippen LogP contribution in [0, 0.1) is 18.2 Å². The van der Waals surface area contributed by atoms with Gasteiger partial charge < -0.3 is 19.6 Å². The molecule has 2 aromatic carbocycles. The molecule has 6 nitrogen and oxygen atoms in total. The second-order valence-corrected chi connectivity index (χ2v) is 19.4. The van der Waals surface area contributed by atoms with Crippen molar-refractivity contribution >= 4 is 42.4 Å². The minimum atomic E-state index is -2.26. The Hall–Kier alpha value is -3.64. The Morgan fingerprint density at radius 2 is 1.89 bits per heavy atom. The van der Waals surface area contributed by atoms with Crippen LogP contribution in [0.25, 0.3) is 10.9 Å². The summed E-state index contributed by atoms with van der Waals surface area (Å²) < 4.78 is 22.5. The molecule has 2 N–H and O–H groups in total. The summed E-state index contributed by atoms with van der Waals surface area (Å²) in [5.74, 6) is 2.78. The molecule has 0 saturated heterocycles. The summed E-state index contributed by atoms with van der Waals surface area (Å²) in [6.45, 7) is 15.9. The van der Waals surface area contributed by atoms with E-state index >= 15 is 0 Å². The number of halogens is 2. The highest BCUT2D eigenvalue weighted by Crippen LogP contribution is 2.44. The van der Waals surface area contributed by atoms with Crippen molar-refractivity contribution in [3.8, 4) is 18.2 Å². The number of carbonyl (C=O) groups excluding carboxylic acids is 1. The van der Waals surface area contributed by atoms with Crippen molar-refractivity contribution in [2.75, 3.05) is 11.4 Å². The van der Waals surface area contributed by atoms with Gasteiger partial charge in [-0.1, -0.05) is 76.4 Å². The number of para-hydroxylation sites is 1. The first-order valence-electron chi connectivity index (χ1n) is 15.3. The zero-order valence-corrected chi connectivity index (χ0v) is 28.9. The monoisotopic (exact) mass is 644 g/mol. The lowest BCUT2D eigenvalue weighted by molar-refractivity contribution is -0.119. The minimum Gasteiger partial charge on any atom is -0.530 e. The molecule has 0 bridgehead atoms. The van der Waals surface area contributed by atoms with E-state index < -0.39 is 19.8 Å².